The van der Waals surface area contributed by atoms with Crippen LogP contribution in [0.25, 0.3) is 32.3 Å². The number of aliphatic imine (C=N–C) groups is 1. The highest BCUT2D eigenvalue weighted by atomic mass is 16.4. The van der Waals surface area contributed by atoms with E-state index in [1.54, 1.807) is 24.3 Å². The monoisotopic (exact) mass is 656 g/mol. The van der Waals surface area contributed by atoms with Crippen molar-refractivity contribution in [3.63, 3.8) is 0 Å². The first kappa shape index (κ1) is 31.3. The number of carboxylic acids is 1. The normalized spacial score (nSPS) is 14.6. The van der Waals surface area contributed by atoms with E-state index in [9.17, 15) is 24.6 Å². The zero-order valence-electron chi connectivity index (χ0n) is 26.1. The number of aromatic nitrogens is 2. The van der Waals surface area contributed by atoms with Crippen molar-refractivity contribution in [2.24, 2.45) is 10.7 Å². The number of aliphatic carboxylic acids is 1. The Morgan fingerprint density at radius 2 is 1.61 bits per heavy atom. The summed E-state index contributed by atoms with van der Waals surface area (Å²) in [6.07, 6.45) is 0.167. The van der Waals surface area contributed by atoms with Gasteiger partial charge in [-0.2, -0.15) is 0 Å². The molecule has 0 spiro atoms. The second kappa shape index (κ2) is 13.0. The Hall–Kier alpha value is -6.34. The van der Waals surface area contributed by atoms with E-state index in [0.717, 1.165) is 32.5 Å². The van der Waals surface area contributed by atoms with Crippen molar-refractivity contribution >= 4 is 67.6 Å². The Bertz CT molecular complexity index is 2240. The average Bonchev–Trinajstić information content (AvgIpc) is 3.10. The Morgan fingerprint density at radius 3 is 2.37 bits per heavy atom. The van der Waals surface area contributed by atoms with Crippen LogP contribution in [0.4, 0.5) is 11.5 Å². The molecule has 1 aliphatic rings. The van der Waals surface area contributed by atoms with Gasteiger partial charge in [0.1, 0.15) is 11.7 Å². The minimum absolute atomic E-state index is 0.0522. The summed E-state index contributed by atoms with van der Waals surface area (Å²) in [5.41, 5.74) is 8.30. The van der Waals surface area contributed by atoms with Crippen LogP contribution in [0.5, 0.6) is 0 Å². The highest BCUT2D eigenvalue weighted by Crippen LogP contribution is 2.36. The highest BCUT2D eigenvalue weighted by Gasteiger charge is 2.23. The lowest BCUT2D eigenvalue weighted by molar-refractivity contribution is -0.139. The maximum atomic E-state index is 12.9. The second-order valence-corrected chi connectivity index (χ2v) is 11.8. The molecule has 0 saturated carbocycles. The standard InChI is InChI=1S/C36H32N8O5/c37-36-43-32-31(34(47)44-36)41-25(18-40-32)17-38-24-11-8-22(9-12-24)33(46)42-27(35(48)49)14-15-28(45)39-16-23-7-6-21-5-4-19-2-1-3-20-10-13-26(23)30(21)29(19)20/h1-13,18,27,34,38,47H,14-17H2,(H,39,45)(H,42,46)(H,48,49)(H3,37,40,43,44). The number of nitrogens with one attached hydrogen (secondary N) is 4. The van der Waals surface area contributed by atoms with Gasteiger partial charge in [-0.05, 0) is 68.6 Å². The predicted octanol–water partition coefficient (Wildman–Crippen LogP) is 4.00. The molecule has 13 heteroatoms. The maximum absolute atomic E-state index is 12.9. The summed E-state index contributed by atoms with van der Waals surface area (Å²) < 4.78 is 0. The Labute approximate surface area is 279 Å². The van der Waals surface area contributed by atoms with Gasteiger partial charge in [0.25, 0.3) is 5.91 Å². The molecule has 2 atom stereocenters. The van der Waals surface area contributed by atoms with Crippen molar-refractivity contribution < 1.29 is 24.6 Å². The fraction of sp³-hybridized carbons (Fsp3) is 0.167. The third-order valence-electron chi connectivity index (χ3n) is 8.58. The van der Waals surface area contributed by atoms with Crippen LogP contribution in [0.3, 0.4) is 0 Å². The van der Waals surface area contributed by atoms with E-state index in [2.05, 4.69) is 78.7 Å². The van der Waals surface area contributed by atoms with Crippen LogP contribution >= 0.6 is 0 Å². The topological polar surface area (TPSA) is 204 Å². The number of nitrogens with two attached hydrogens (primary N) is 1. The molecular weight excluding hydrogens is 624 g/mol. The number of benzene rings is 5. The van der Waals surface area contributed by atoms with Gasteiger partial charge >= 0.3 is 5.97 Å². The van der Waals surface area contributed by atoms with Crippen molar-refractivity contribution in [2.45, 2.75) is 38.2 Å². The number of carbonyl (C=O) groups is 3. The van der Waals surface area contributed by atoms with Gasteiger partial charge in [-0.1, -0.05) is 54.6 Å². The van der Waals surface area contributed by atoms with Crippen LogP contribution in [0.2, 0.25) is 0 Å². The van der Waals surface area contributed by atoms with Gasteiger partial charge in [0.05, 0.1) is 18.4 Å². The first-order valence-electron chi connectivity index (χ1n) is 15.7. The van der Waals surface area contributed by atoms with E-state index in [1.165, 1.54) is 11.6 Å². The summed E-state index contributed by atoms with van der Waals surface area (Å²) in [5, 5.41) is 38.1. The largest absolute Gasteiger partial charge is 0.480 e. The number of carbonyl (C=O) groups excluding carboxylic acids is 2. The first-order chi connectivity index (χ1) is 23.7. The van der Waals surface area contributed by atoms with Crippen molar-refractivity contribution in [3.8, 4) is 0 Å². The molecule has 2 amide bonds. The molecule has 5 aromatic carbocycles. The molecule has 2 unspecified atom stereocenters. The number of nitrogens with zero attached hydrogens (tertiary/aromatic N) is 3. The molecular formula is C36H32N8O5. The lowest BCUT2D eigenvalue weighted by atomic mass is 9.92. The Kier molecular flexibility index (Phi) is 8.32. The van der Waals surface area contributed by atoms with E-state index < -0.39 is 24.1 Å². The number of aliphatic hydroxyl groups excluding tert-OH is 1. The van der Waals surface area contributed by atoms with E-state index in [4.69, 9.17) is 5.73 Å². The molecule has 49 heavy (non-hydrogen) atoms. The van der Waals surface area contributed by atoms with E-state index in [1.807, 2.05) is 12.1 Å². The van der Waals surface area contributed by atoms with E-state index in [0.29, 0.717) is 23.7 Å². The Morgan fingerprint density at radius 1 is 0.898 bits per heavy atom. The van der Waals surface area contributed by atoms with E-state index >= 15 is 0 Å². The minimum atomic E-state index is -1.25. The number of hydrogen-bond acceptors (Lipinski definition) is 10. The lowest BCUT2D eigenvalue weighted by Crippen LogP contribution is -2.41. The zero-order valence-corrected chi connectivity index (χ0v) is 26.1. The third-order valence-corrected chi connectivity index (χ3v) is 8.58. The van der Waals surface area contributed by atoms with Crippen molar-refractivity contribution in [1.29, 1.82) is 0 Å². The van der Waals surface area contributed by atoms with Crippen molar-refractivity contribution in [2.75, 3.05) is 10.6 Å². The van der Waals surface area contributed by atoms with Gasteiger partial charge in [0.15, 0.2) is 18.0 Å². The van der Waals surface area contributed by atoms with Gasteiger partial charge in [-0.3, -0.25) is 9.59 Å². The molecule has 0 aliphatic carbocycles. The zero-order chi connectivity index (χ0) is 34.1. The van der Waals surface area contributed by atoms with Gasteiger partial charge < -0.3 is 37.2 Å². The third kappa shape index (κ3) is 6.47. The number of carboxylic acid groups (broad SMARTS) is 1. The van der Waals surface area contributed by atoms with Crippen LogP contribution in [0.1, 0.15) is 46.4 Å². The van der Waals surface area contributed by atoms with Crippen LogP contribution in [-0.2, 0) is 22.7 Å². The summed E-state index contributed by atoms with van der Waals surface area (Å²) in [5.74, 6) is -1.73. The van der Waals surface area contributed by atoms with E-state index in [-0.39, 0.29) is 42.5 Å². The summed E-state index contributed by atoms with van der Waals surface area (Å²) in [7, 11) is 0. The summed E-state index contributed by atoms with van der Waals surface area (Å²) >= 11 is 0. The predicted molar refractivity (Wildman–Crippen MR) is 186 cm³/mol. The number of rotatable bonds is 11. The molecule has 246 valence electrons. The van der Waals surface area contributed by atoms with Crippen molar-refractivity contribution in [3.05, 3.63) is 108 Å². The number of amides is 2. The molecule has 8 N–H and O–H groups in total. The number of guanidine groups is 1. The summed E-state index contributed by atoms with van der Waals surface area (Å²) in [4.78, 5) is 50.1. The number of aliphatic hydroxyl groups is 1. The second-order valence-electron chi connectivity index (χ2n) is 11.8. The highest BCUT2D eigenvalue weighted by molar-refractivity contribution is 6.23. The quantitative estimate of drug-likeness (QED) is 0.0999. The number of hydrogen-bond donors (Lipinski definition) is 7. The molecule has 1 aromatic heterocycles. The number of fused-ring (bicyclic) bond motifs is 1. The molecule has 6 aromatic rings. The minimum Gasteiger partial charge on any atom is -0.480 e. The SMILES string of the molecule is NC1=NC(O)c2nc(CNc3ccc(C(=O)NC(CCC(=O)NCc4ccc5ccc6cccc7ccc4c5c67)C(=O)O)cc3)cnc2N1. The molecule has 0 bridgehead atoms. The molecule has 0 saturated heterocycles. The summed E-state index contributed by atoms with van der Waals surface area (Å²) in [6.45, 7) is 0.566. The van der Waals surface area contributed by atoms with Gasteiger partial charge in [0, 0.05) is 24.2 Å². The molecule has 13 nitrogen and oxygen atoms in total. The van der Waals surface area contributed by atoms with Crippen molar-refractivity contribution in [1.82, 2.24) is 20.6 Å². The smallest absolute Gasteiger partial charge is 0.326 e. The van der Waals surface area contributed by atoms with Gasteiger partial charge in [0.2, 0.25) is 5.91 Å². The molecule has 7 rings (SSSR count). The Balaban J connectivity index is 0.922. The lowest BCUT2D eigenvalue weighted by Gasteiger charge is -2.18. The van der Waals surface area contributed by atoms with Crippen LogP contribution < -0.4 is 27.0 Å². The number of anilines is 2. The van der Waals surface area contributed by atoms with Crippen LogP contribution in [0.15, 0.2) is 90.1 Å². The average molecular weight is 657 g/mol. The molecule has 0 fully saturated rings. The summed E-state index contributed by atoms with van der Waals surface area (Å²) in [6, 6.07) is 23.9. The maximum Gasteiger partial charge on any atom is 0.326 e. The molecule has 1 aliphatic heterocycles. The van der Waals surface area contributed by atoms with Gasteiger partial charge in [-0.15, -0.1) is 0 Å². The molecule has 0 radical (unpaired) electrons. The van der Waals surface area contributed by atoms with Crippen LogP contribution in [-0.4, -0.2) is 50.0 Å². The van der Waals surface area contributed by atoms with Crippen LogP contribution in [0, 0.1) is 0 Å². The van der Waals surface area contributed by atoms with Gasteiger partial charge in [-0.25, -0.2) is 19.8 Å². The fourth-order valence-corrected chi connectivity index (χ4v) is 6.09. The fourth-order valence-electron chi connectivity index (χ4n) is 6.09. The first-order valence-corrected chi connectivity index (χ1v) is 15.7. The molecule has 2 heterocycles.